The van der Waals surface area contributed by atoms with E-state index in [-0.39, 0.29) is 12.2 Å². The van der Waals surface area contributed by atoms with Gasteiger partial charge in [-0.2, -0.15) is 0 Å². The Morgan fingerprint density at radius 2 is 1.75 bits per heavy atom. The van der Waals surface area contributed by atoms with Crippen molar-refractivity contribution in [2.45, 2.75) is 12.4 Å². The van der Waals surface area contributed by atoms with Gasteiger partial charge in [0.2, 0.25) is 0 Å². The molecule has 3 aromatic rings. The van der Waals surface area contributed by atoms with Crippen molar-refractivity contribution in [3.63, 3.8) is 0 Å². The molecule has 0 bridgehead atoms. The van der Waals surface area contributed by atoms with E-state index in [4.69, 9.17) is 19.9 Å². The summed E-state index contributed by atoms with van der Waals surface area (Å²) in [6.45, 7) is 0.105. The molecule has 7 heteroatoms. The van der Waals surface area contributed by atoms with E-state index >= 15 is 0 Å². The number of hydrogen-bond acceptors (Lipinski definition) is 6. The molecular weight excluding hydrogens is 362 g/mol. The Labute approximate surface area is 160 Å². The predicted molar refractivity (Wildman–Crippen MR) is 100 cm³/mol. The lowest BCUT2D eigenvalue weighted by Gasteiger charge is -2.15. The van der Waals surface area contributed by atoms with E-state index in [2.05, 4.69) is 0 Å². The average Bonchev–Trinajstić information content (AvgIpc) is 3.42. The second-order valence-corrected chi connectivity index (χ2v) is 6.27. The van der Waals surface area contributed by atoms with Gasteiger partial charge in [0.05, 0.1) is 0 Å². The smallest absolute Gasteiger partial charge is 0.289 e. The summed E-state index contributed by atoms with van der Waals surface area (Å²) < 4.78 is 16.6. The largest absolute Gasteiger partial charge is 0.490 e. The highest BCUT2D eigenvalue weighted by atomic mass is 16.7. The molecule has 4 rings (SSSR count). The average molecular weight is 379 g/mol. The van der Waals surface area contributed by atoms with E-state index in [1.165, 1.54) is 6.07 Å². The van der Waals surface area contributed by atoms with Gasteiger partial charge in [-0.05, 0) is 30.3 Å². The molecule has 3 aromatic carbocycles. The lowest BCUT2D eigenvalue weighted by Crippen LogP contribution is -2.23. The number of Topliss-reactive ketones (excluding diaryl/α,β-unsaturated/α-hetero) is 1. The molecule has 2 atom stereocenters. The van der Waals surface area contributed by atoms with Crippen molar-refractivity contribution in [1.82, 2.24) is 0 Å². The van der Waals surface area contributed by atoms with Crippen LogP contribution >= 0.6 is 0 Å². The summed E-state index contributed by atoms with van der Waals surface area (Å²) in [5.74, 6) is -0.402. The maximum atomic E-state index is 12.3. The standard InChI is InChI=1S/C21H17NO6/c22-20(24)19(23)14-9-10-15(27-12-5-2-1-3-6-12)13-7-4-8-16(18(13)14)26-11-17-21(25)28-17/h1-10,17,21,25H,11H2,(H2,22,24). The molecule has 1 aliphatic rings. The molecule has 3 N–H and O–H groups in total. The number of rotatable bonds is 7. The van der Waals surface area contributed by atoms with Gasteiger partial charge in [0.25, 0.3) is 11.7 Å². The molecule has 1 amide bonds. The summed E-state index contributed by atoms with van der Waals surface area (Å²) in [7, 11) is 0. The van der Waals surface area contributed by atoms with Crippen molar-refractivity contribution in [3.05, 3.63) is 66.2 Å². The highest BCUT2D eigenvalue weighted by Gasteiger charge is 2.37. The molecule has 0 saturated carbocycles. The number of fused-ring (bicyclic) bond motifs is 1. The fraction of sp³-hybridized carbons (Fsp3) is 0.143. The Hall–Kier alpha value is -3.42. The highest BCUT2D eigenvalue weighted by Crippen LogP contribution is 2.38. The molecule has 0 radical (unpaired) electrons. The number of epoxide rings is 1. The Morgan fingerprint density at radius 1 is 1.00 bits per heavy atom. The predicted octanol–water partition coefficient (Wildman–Crippen LogP) is 2.40. The first-order chi connectivity index (χ1) is 13.5. The van der Waals surface area contributed by atoms with E-state index in [1.54, 1.807) is 36.4 Å². The molecule has 1 heterocycles. The van der Waals surface area contributed by atoms with Crippen LogP contribution in [0.5, 0.6) is 17.2 Å². The molecule has 1 fully saturated rings. The Bertz CT molecular complexity index is 1050. The van der Waals surface area contributed by atoms with Gasteiger partial charge in [-0.15, -0.1) is 0 Å². The second-order valence-electron chi connectivity index (χ2n) is 6.27. The van der Waals surface area contributed by atoms with Gasteiger partial charge in [-0.3, -0.25) is 9.59 Å². The van der Waals surface area contributed by atoms with Crippen LogP contribution in [0.4, 0.5) is 0 Å². The van der Waals surface area contributed by atoms with Crippen LogP contribution in [0.3, 0.4) is 0 Å². The Morgan fingerprint density at radius 3 is 2.43 bits per heavy atom. The summed E-state index contributed by atoms with van der Waals surface area (Å²) in [6, 6.07) is 17.5. The summed E-state index contributed by atoms with van der Waals surface area (Å²) in [5.41, 5.74) is 5.33. The first-order valence-corrected chi connectivity index (χ1v) is 8.63. The molecule has 1 aliphatic heterocycles. The summed E-state index contributed by atoms with van der Waals surface area (Å²) >= 11 is 0. The van der Waals surface area contributed by atoms with E-state index in [9.17, 15) is 14.7 Å². The number of carbonyl (C=O) groups is 2. The zero-order valence-electron chi connectivity index (χ0n) is 14.7. The van der Waals surface area contributed by atoms with Gasteiger partial charge >= 0.3 is 0 Å². The monoisotopic (exact) mass is 379 g/mol. The van der Waals surface area contributed by atoms with E-state index in [0.717, 1.165) is 0 Å². The molecule has 1 saturated heterocycles. The van der Waals surface area contributed by atoms with Crippen LogP contribution in [0.15, 0.2) is 60.7 Å². The number of para-hydroxylation sites is 1. The van der Waals surface area contributed by atoms with Crippen LogP contribution in [0.1, 0.15) is 10.4 Å². The van der Waals surface area contributed by atoms with Crippen molar-refractivity contribution >= 4 is 22.5 Å². The minimum Gasteiger partial charge on any atom is -0.490 e. The molecular formula is C21H17NO6. The van der Waals surface area contributed by atoms with Gasteiger partial charge in [-0.25, -0.2) is 0 Å². The lowest BCUT2D eigenvalue weighted by molar-refractivity contribution is -0.114. The van der Waals surface area contributed by atoms with Crippen LogP contribution in [-0.2, 0) is 9.53 Å². The maximum Gasteiger partial charge on any atom is 0.289 e. The molecule has 0 aromatic heterocycles. The number of carbonyl (C=O) groups excluding carboxylic acids is 2. The van der Waals surface area contributed by atoms with Gasteiger partial charge < -0.3 is 25.1 Å². The fourth-order valence-electron chi connectivity index (χ4n) is 2.92. The number of aliphatic hydroxyl groups excluding tert-OH is 1. The third kappa shape index (κ3) is 3.53. The van der Waals surface area contributed by atoms with Crippen LogP contribution in [0.2, 0.25) is 0 Å². The van der Waals surface area contributed by atoms with Gasteiger partial charge in [-0.1, -0.05) is 30.3 Å². The first kappa shape index (κ1) is 18.0. The number of ether oxygens (including phenoxy) is 3. The van der Waals surface area contributed by atoms with Crippen LogP contribution in [0.25, 0.3) is 10.8 Å². The highest BCUT2D eigenvalue weighted by molar-refractivity contribution is 6.44. The molecule has 0 aliphatic carbocycles. The number of nitrogens with two attached hydrogens (primary N) is 1. The maximum absolute atomic E-state index is 12.3. The Kier molecular flexibility index (Phi) is 4.68. The summed E-state index contributed by atoms with van der Waals surface area (Å²) in [5, 5.41) is 10.3. The molecule has 2 unspecified atom stereocenters. The van der Waals surface area contributed by atoms with E-state index in [0.29, 0.717) is 28.0 Å². The lowest BCUT2D eigenvalue weighted by atomic mass is 9.99. The topological polar surface area (TPSA) is 111 Å². The van der Waals surface area contributed by atoms with Gasteiger partial charge in [0.1, 0.15) is 30.0 Å². The van der Waals surface area contributed by atoms with Gasteiger partial charge in [0, 0.05) is 16.3 Å². The fourth-order valence-corrected chi connectivity index (χ4v) is 2.92. The number of aliphatic hydroxyl groups is 1. The number of ketones is 1. The zero-order valence-corrected chi connectivity index (χ0v) is 14.7. The van der Waals surface area contributed by atoms with Crippen LogP contribution < -0.4 is 15.2 Å². The molecule has 0 spiro atoms. The first-order valence-electron chi connectivity index (χ1n) is 8.63. The third-order valence-corrected chi connectivity index (χ3v) is 4.36. The van der Waals surface area contributed by atoms with Crippen molar-refractivity contribution in [2.75, 3.05) is 6.61 Å². The van der Waals surface area contributed by atoms with Crippen molar-refractivity contribution < 1.29 is 28.9 Å². The van der Waals surface area contributed by atoms with Gasteiger partial charge in [0.15, 0.2) is 6.29 Å². The second kappa shape index (κ2) is 7.30. The quantitative estimate of drug-likeness (QED) is 0.370. The Balaban J connectivity index is 1.80. The molecule has 7 nitrogen and oxygen atoms in total. The number of benzene rings is 3. The third-order valence-electron chi connectivity index (χ3n) is 4.36. The van der Waals surface area contributed by atoms with Crippen molar-refractivity contribution in [3.8, 4) is 17.2 Å². The molecule has 142 valence electrons. The zero-order chi connectivity index (χ0) is 19.7. The minimum absolute atomic E-state index is 0.105. The van der Waals surface area contributed by atoms with Crippen molar-refractivity contribution in [2.24, 2.45) is 5.73 Å². The number of primary amides is 1. The summed E-state index contributed by atoms with van der Waals surface area (Å²) in [4.78, 5) is 23.8. The van der Waals surface area contributed by atoms with E-state index in [1.807, 2.05) is 18.2 Å². The molecule has 28 heavy (non-hydrogen) atoms. The SMILES string of the molecule is NC(=O)C(=O)c1ccc(Oc2ccccc2)c2cccc(OCC3OC3O)c12. The van der Waals surface area contributed by atoms with Crippen LogP contribution in [0, 0.1) is 0 Å². The van der Waals surface area contributed by atoms with Crippen LogP contribution in [-0.4, -0.2) is 35.8 Å². The minimum atomic E-state index is -1.06. The normalized spacial score (nSPS) is 17.9. The van der Waals surface area contributed by atoms with Crippen molar-refractivity contribution in [1.29, 1.82) is 0 Å². The van der Waals surface area contributed by atoms with E-state index < -0.39 is 24.1 Å². The number of hydrogen-bond donors (Lipinski definition) is 2. The number of amides is 1. The summed E-state index contributed by atoms with van der Waals surface area (Å²) in [6.07, 6.45) is -1.27.